The molecule has 40 heavy (non-hydrogen) atoms. The van der Waals surface area contributed by atoms with Gasteiger partial charge in [0, 0.05) is 11.0 Å². The molecule has 2 heterocycles. The molecule has 1 saturated carbocycles. The van der Waals surface area contributed by atoms with Crippen molar-refractivity contribution in [2.75, 3.05) is 16.4 Å². The van der Waals surface area contributed by atoms with E-state index in [0.29, 0.717) is 16.9 Å². The number of alkyl halides is 1. The van der Waals surface area contributed by atoms with Gasteiger partial charge in [0.25, 0.3) is 0 Å². The number of carbonyl (C=O) groups excluding carboxylic acids is 5. The minimum Gasteiger partial charge on any atom is -0.463 e. The Morgan fingerprint density at radius 1 is 0.775 bits per heavy atom. The fourth-order valence-electron chi connectivity index (χ4n) is 7.83. The Hall–Kier alpha value is -3.59. The summed E-state index contributed by atoms with van der Waals surface area (Å²) in [5.74, 6) is -6.65. The highest BCUT2D eigenvalue weighted by molar-refractivity contribution is 9.10. The molecule has 6 atom stereocenters. The lowest BCUT2D eigenvalue weighted by Crippen LogP contribution is -2.67. The number of hydrogen-bond donors (Lipinski definition) is 0. The van der Waals surface area contributed by atoms with Gasteiger partial charge in [-0.3, -0.25) is 19.2 Å². The molecular formula is C31H29BrN2O6. The molecule has 2 aliphatic heterocycles. The van der Waals surface area contributed by atoms with Crippen molar-refractivity contribution in [2.45, 2.75) is 38.9 Å². The molecule has 7 rings (SSSR count). The zero-order valence-electron chi connectivity index (χ0n) is 22.9. The predicted octanol–water partition coefficient (Wildman–Crippen LogP) is 4.26. The molecule has 2 saturated heterocycles. The van der Waals surface area contributed by atoms with E-state index in [0.717, 1.165) is 11.1 Å². The third kappa shape index (κ3) is 2.99. The first-order valence-electron chi connectivity index (χ1n) is 13.4. The molecule has 8 nitrogen and oxygen atoms in total. The third-order valence-electron chi connectivity index (χ3n) is 9.49. The van der Waals surface area contributed by atoms with Crippen molar-refractivity contribution >= 4 is 56.9 Å². The summed E-state index contributed by atoms with van der Waals surface area (Å²) in [6, 6.07) is 14.2. The lowest BCUT2D eigenvalue weighted by molar-refractivity contribution is -0.152. The van der Waals surface area contributed by atoms with Crippen molar-refractivity contribution in [1.82, 2.24) is 0 Å². The Kier molecular flexibility index (Phi) is 5.79. The molecule has 0 spiro atoms. The number of esters is 1. The second-order valence-corrected chi connectivity index (χ2v) is 12.6. The van der Waals surface area contributed by atoms with Gasteiger partial charge in [0.15, 0.2) is 0 Å². The lowest BCUT2D eigenvalue weighted by Gasteiger charge is -2.59. The van der Waals surface area contributed by atoms with Crippen LogP contribution in [0.1, 0.15) is 31.9 Å². The van der Waals surface area contributed by atoms with E-state index >= 15 is 0 Å². The van der Waals surface area contributed by atoms with Crippen LogP contribution in [0.5, 0.6) is 0 Å². The summed E-state index contributed by atoms with van der Waals surface area (Å²) in [5, 5.41) is 0. The van der Waals surface area contributed by atoms with Crippen LogP contribution in [0.3, 0.4) is 0 Å². The van der Waals surface area contributed by atoms with Gasteiger partial charge in [-0.05, 0) is 56.5 Å². The maximum absolute atomic E-state index is 14.4. The van der Waals surface area contributed by atoms with E-state index in [1.54, 1.807) is 45.0 Å². The van der Waals surface area contributed by atoms with Gasteiger partial charge in [-0.15, -0.1) is 0 Å². The second-order valence-electron chi connectivity index (χ2n) is 11.3. The van der Waals surface area contributed by atoms with Gasteiger partial charge in [0.05, 0.1) is 46.0 Å². The van der Waals surface area contributed by atoms with Gasteiger partial charge < -0.3 is 4.74 Å². The van der Waals surface area contributed by atoms with Crippen molar-refractivity contribution < 1.29 is 28.7 Å². The zero-order valence-corrected chi connectivity index (χ0v) is 24.4. The lowest BCUT2D eigenvalue weighted by atomic mass is 9.43. The van der Waals surface area contributed by atoms with Crippen molar-refractivity contribution in [2.24, 2.45) is 29.1 Å². The highest BCUT2D eigenvalue weighted by atomic mass is 79.9. The molecule has 0 radical (unpaired) electrons. The van der Waals surface area contributed by atoms with E-state index < -0.39 is 63.0 Å². The standard InChI is InChI=1S/C31H29BrN2O6/c1-6-40-29(39)20-17(4)31(32)23-21(25(35)33(27(23)37)18-13-9-7-11-15(18)2)30(20,5)22-24(31)28(38)34(26(22)36)19-14-10-8-12-16(19)3/h7-14,21-24H,6H2,1-5H3/t21-,22+,23+,24-,30?,31?. The second kappa shape index (κ2) is 8.70. The molecule has 206 valence electrons. The summed E-state index contributed by atoms with van der Waals surface area (Å²) in [5.41, 5.74) is 1.55. The van der Waals surface area contributed by atoms with Crippen LogP contribution in [-0.4, -0.2) is 40.5 Å². The number of anilines is 2. The molecule has 3 aliphatic carbocycles. The van der Waals surface area contributed by atoms with Gasteiger partial charge in [0.2, 0.25) is 23.6 Å². The molecule has 0 aromatic heterocycles. The van der Waals surface area contributed by atoms with Crippen LogP contribution in [-0.2, 0) is 28.7 Å². The van der Waals surface area contributed by atoms with Crippen LogP contribution in [0, 0.1) is 42.9 Å². The summed E-state index contributed by atoms with van der Waals surface area (Å²) in [4.78, 5) is 73.2. The van der Waals surface area contributed by atoms with Gasteiger partial charge in [-0.25, -0.2) is 14.6 Å². The number of rotatable bonds is 4. The summed E-state index contributed by atoms with van der Waals surface area (Å²) in [6.07, 6.45) is 0. The zero-order chi connectivity index (χ0) is 28.9. The summed E-state index contributed by atoms with van der Waals surface area (Å²) in [7, 11) is 0. The van der Waals surface area contributed by atoms with E-state index in [9.17, 15) is 24.0 Å². The average Bonchev–Trinajstić information content (AvgIpc) is 3.34. The van der Waals surface area contributed by atoms with Crippen molar-refractivity contribution in [3.8, 4) is 0 Å². The highest BCUT2D eigenvalue weighted by Gasteiger charge is 2.81. The molecule has 0 N–H and O–H groups in total. The number of allylic oxidation sites excluding steroid dienone is 1. The molecule has 3 fully saturated rings. The number of carbonyl (C=O) groups is 5. The normalized spacial score (nSPS) is 32.6. The average molecular weight is 605 g/mol. The highest BCUT2D eigenvalue weighted by Crippen LogP contribution is 2.72. The fraction of sp³-hybridized carbons (Fsp3) is 0.387. The molecule has 2 aromatic rings. The molecule has 4 amide bonds. The number of benzene rings is 2. The predicted molar refractivity (Wildman–Crippen MR) is 150 cm³/mol. The molecular weight excluding hydrogens is 576 g/mol. The molecule has 2 aromatic carbocycles. The van der Waals surface area contributed by atoms with Crippen LogP contribution in [0.25, 0.3) is 0 Å². The number of amides is 4. The van der Waals surface area contributed by atoms with E-state index in [-0.39, 0.29) is 12.2 Å². The maximum Gasteiger partial charge on any atom is 0.334 e. The third-order valence-corrected chi connectivity index (χ3v) is 11.1. The van der Waals surface area contributed by atoms with Crippen LogP contribution in [0.15, 0.2) is 59.7 Å². The summed E-state index contributed by atoms with van der Waals surface area (Å²) >= 11 is 3.80. The van der Waals surface area contributed by atoms with Gasteiger partial charge in [0.1, 0.15) is 0 Å². The number of imide groups is 2. The Labute approximate surface area is 240 Å². The number of nitrogens with zero attached hydrogens (tertiary/aromatic N) is 2. The SMILES string of the molecule is CCOC(=O)C1=C(C)C2(Br)[C@@H]3C(=O)N(c4ccccc4C)C(=O)[C@@H]3C1(C)[C@@H]1C(=O)N(c3ccccc3C)C(=O)[C@@H]12. The first kappa shape index (κ1) is 26.6. The molecule has 9 heteroatoms. The van der Waals surface area contributed by atoms with Crippen LogP contribution in [0.4, 0.5) is 11.4 Å². The number of ether oxygens (including phenoxy) is 1. The number of hydrogen-bond acceptors (Lipinski definition) is 6. The molecule has 2 unspecified atom stereocenters. The van der Waals surface area contributed by atoms with E-state index in [2.05, 4.69) is 15.9 Å². The minimum absolute atomic E-state index is 0.0909. The topological polar surface area (TPSA) is 101 Å². The maximum atomic E-state index is 14.4. The fourth-order valence-corrected chi connectivity index (χ4v) is 8.95. The van der Waals surface area contributed by atoms with Crippen LogP contribution >= 0.6 is 15.9 Å². The van der Waals surface area contributed by atoms with Crippen molar-refractivity contribution in [1.29, 1.82) is 0 Å². The Bertz CT molecular complexity index is 1490. The summed E-state index contributed by atoms with van der Waals surface area (Å²) in [6.45, 7) is 8.78. The van der Waals surface area contributed by atoms with Crippen molar-refractivity contribution in [3.63, 3.8) is 0 Å². The number of halogens is 1. The molecule has 2 bridgehead atoms. The smallest absolute Gasteiger partial charge is 0.334 e. The van der Waals surface area contributed by atoms with E-state index in [1.807, 2.05) is 38.1 Å². The van der Waals surface area contributed by atoms with Crippen LogP contribution < -0.4 is 9.80 Å². The largest absolute Gasteiger partial charge is 0.463 e. The monoisotopic (exact) mass is 604 g/mol. The van der Waals surface area contributed by atoms with Gasteiger partial charge in [-0.1, -0.05) is 59.3 Å². The van der Waals surface area contributed by atoms with E-state index in [1.165, 1.54) is 9.80 Å². The van der Waals surface area contributed by atoms with Gasteiger partial charge >= 0.3 is 5.97 Å². The first-order chi connectivity index (χ1) is 18.9. The number of aryl methyl sites for hydroxylation is 2. The minimum atomic E-state index is -1.46. The Morgan fingerprint density at radius 2 is 1.18 bits per heavy atom. The number of para-hydroxylation sites is 2. The quantitative estimate of drug-likeness (QED) is 0.294. The van der Waals surface area contributed by atoms with Crippen molar-refractivity contribution in [3.05, 3.63) is 70.8 Å². The first-order valence-corrected chi connectivity index (χ1v) is 14.2. The molecule has 5 aliphatic rings. The Morgan fingerprint density at radius 3 is 1.57 bits per heavy atom. The van der Waals surface area contributed by atoms with Crippen LogP contribution in [0.2, 0.25) is 0 Å². The Balaban J connectivity index is 1.61. The van der Waals surface area contributed by atoms with E-state index in [4.69, 9.17) is 4.74 Å². The summed E-state index contributed by atoms with van der Waals surface area (Å²) < 4.78 is 4.01. The van der Waals surface area contributed by atoms with Gasteiger partial charge in [-0.2, -0.15) is 0 Å².